The molecule has 0 aromatic carbocycles. The van der Waals surface area contributed by atoms with Crippen LogP contribution < -0.4 is 11.1 Å². The van der Waals surface area contributed by atoms with E-state index in [1.165, 1.54) is 180 Å². The molecule has 0 saturated carbocycles. The molecule has 0 spiro atoms. The minimum atomic E-state index is -4.31. The molecule has 1 amide bonds. The molecular weight excluding hydrogens is 683 g/mol. The topological polar surface area (TPSA) is 131 Å². The van der Waals surface area contributed by atoms with Gasteiger partial charge in [-0.2, -0.15) is 0 Å². The zero-order valence-corrected chi connectivity index (χ0v) is 36.2. The number of carbonyl (C=O) groups excluding carboxylic acids is 1. The highest BCUT2D eigenvalue weighted by Crippen LogP contribution is 2.43. The molecule has 0 aromatic rings. The molecule has 0 heterocycles. The van der Waals surface area contributed by atoms with Crippen LogP contribution in [0.2, 0.25) is 0 Å². The third-order valence-electron chi connectivity index (χ3n) is 10.7. The van der Waals surface area contributed by atoms with Gasteiger partial charge in [0.2, 0.25) is 5.91 Å². The molecule has 3 unspecified atom stereocenters. The Morgan fingerprint density at radius 3 is 1.21 bits per heavy atom. The Labute approximate surface area is 329 Å². The van der Waals surface area contributed by atoms with E-state index in [0.717, 1.165) is 38.5 Å². The van der Waals surface area contributed by atoms with Crippen LogP contribution in [0.1, 0.15) is 245 Å². The molecule has 53 heavy (non-hydrogen) atoms. The normalized spacial score (nSPS) is 14.0. The first kappa shape index (κ1) is 52.5. The molecule has 0 radical (unpaired) electrons. The van der Waals surface area contributed by atoms with Gasteiger partial charge in [-0.25, -0.2) is 4.57 Å². The molecule has 3 atom stereocenters. The maximum Gasteiger partial charge on any atom is 0.472 e. The van der Waals surface area contributed by atoms with Crippen LogP contribution >= 0.6 is 7.82 Å². The van der Waals surface area contributed by atoms with Crippen LogP contribution in [0.4, 0.5) is 0 Å². The van der Waals surface area contributed by atoms with Crippen LogP contribution in [0.5, 0.6) is 0 Å². The summed E-state index contributed by atoms with van der Waals surface area (Å²) < 4.78 is 22.2. The minimum absolute atomic E-state index is 0.0926. The van der Waals surface area contributed by atoms with Gasteiger partial charge in [0.15, 0.2) is 0 Å². The first-order chi connectivity index (χ1) is 25.9. The van der Waals surface area contributed by atoms with Gasteiger partial charge in [-0.3, -0.25) is 13.8 Å². The summed E-state index contributed by atoms with van der Waals surface area (Å²) in [5.74, 6) is -0.156. The lowest BCUT2D eigenvalue weighted by Gasteiger charge is -2.25. The summed E-state index contributed by atoms with van der Waals surface area (Å²) in [5.41, 5.74) is 5.38. The summed E-state index contributed by atoms with van der Waals surface area (Å²) in [7, 11) is -4.31. The fourth-order valence-corrected chi connectivity index (χ4v) is 7.96. The van der Waals surface area contributed by atoms with E-state index in [4.69, 9.17) is 14.8 Å². The van der Waals surface area contributed by atoms with Crippen LogP contribution in [0.25, 0.3) is 0 Å². The molecule has 318 valence electrons. The summed E-state index contributed by atoms with van der Waals surface area (Å²) in [6, 6.07) is -0.767. The molecule has 0 aliphatic rings. The number of amides is 1. The third-order valence-corrected chi connectivity index (χ3v) is 11.7. The fourth-order valence-electron chi connectivity index (χ4n) is 7.20. The van der Waals surface area contributed by atoms with Crippen LogP contribution in [-0.2, 0) is 18.4 Å². The van der Waals surface area contributed by atoms with E-state index in [2.05, 4.69) is 19.2 Å². The van der Waals surface area contributed by atoms with Crippen molar-refractivity contribution in [2.75, 3.05) is 19.8 Å². The second-order valence-corrected chi connectivity index (χ2v) is 17.4. The van der Waals surface area contributed by atoms with Crippen LogP contribution in [0, 0.1) is 0 Å². The van der Waals surface area contributed by atoms with E-state index in [0.29, 0.717) is 12.8 Å². The van der Waals surface area contributed by atoms with E-state index in [1.807, 2.05) is 0 Å². The largest absolute Gasteiger partial charge is 0.472 e. The molecule has 0 rings (SSSR count). The average Bonchev–Trinajstić information content (AvgIpc) is 3.14. The number of hydrogen-bond donors (Lipinski definition) is 4. The summed E-state index contributed by atoms with van der Waals surface area (Å²) in [4.78, 5) is 22.8. The predicted octanol–water partition coefficient (Wildman–Crippen LogP) is 13.0. The molecular formula is C44H91N2O6P. The summed E-state index contributed by atoms with van der Waals surface area (Å²) in [6.45, 7) is 4.24. The van der Waals surface area contributed by atoms with Crippen molar-refractivity contribution in [1.82, 2.24) is 5.32 Å². The van der Waals surface area contributed by atoms with Crippen molar-refractivity contribution in [2.45, 2.75) is 257 Å². The van der Waals surface area contributed by atoms with Crippen molar-refractivity contribution < 1.29 is 28.4 Å². The molecule has 0 saturated heterocycles. The Bertz CT molecular complexity index is 804. The van der Waals surface area contributed by atoms with Crippen molar-refractivity contribution in [2.24, 2.45) is 5.73 Å². The van der Waals surface area contributed by atoms with Crippen LogP contribution in [-0.4, -0.2) is 47.8 Å². The van der Waals surface area contributed by atoms with Crippen LogP contribution in [0.3, 0.4) is 0 Å². The van der Waals surface area contributed by atoms with Gasteiger partial charge in [-0.05, 0) is 12.8 Å². The van der Waals surface area contributed by atoms with Gasteiger partial charge in [0.25, 0.3) is 0 Å². The zero-order chi connectivity index (χ0) is 38.9. The Kier molecular flexibility index (Phi) is 40.8. The number of unbranched alkanes of at least 4 members (excludes halogenated alkanes) is 32. The average molecular weight is 775 g/mol. The highest BCUT2D eigenvalue weighted by molar-refractivity contribution is 7.47. The number of carbonyl (C=O) groups is 1. The number of phosphoric ester groups is 1. The number of nitrogens with two attached hydrogens (primary N) is 1. The second-order valence-electron chi connectivity index (χ2n) is 16.0. The van der Waals surface area contributed by atoms with Gasteiger partial charge in [-0.15, -0.1) is 0 Å². The van der Waals surface area contributed by atoms with Gasteiger partial charge in [-0.1, -0.05) is 226 Å². The molecule has 0 aliphatic carbocycles. The van der Waals surface area contributed by atoms with E-state index >= 15 is 0 Å². The molecule has 5 N–H and O–H groups in total. The van der Waals surface area contributed by atoms with Crippen molar-refractivity contribution in [3.05, 3.63) is 0 Å². The number of phosphoric acid groups is 1. The Balaban J connectivity index is 4.05. The molecule has 0 fully saturated rings. The number of hydrogen-bond acceptors (Lipinski definition) is 6. The van der Waals surface area contributed by atoms with Crippen molar-refractivity contribution in [1.29, 1.82) is 0 Å². The highest BCUT2D eigenvalue weighted by Gasteiger charge is 2.27. The Morgan fingerprint density at radius 2 is 0.868 bits per heavy atom. The second kappa shape index (κ2) is 41.1. The van der Waals surface area contributed by atoms with Gasteiger partial charge >= 0.3 is 7.82 Å². The Morgan fingerprint density at radius 1 is 0.547 bits per heavy atom. The van der Waals surface area contributed by atoms with Gasteiger partial charge < -0.3 is 21.1 Å². The highest BCUT2D eigenvalue weighted by atomic mass is 31.2. The van der Waals surface area contributed by atoms with E-state index in [9.17, 15) is 19.4 Å². The minimum Gasteiger partial charge on any atom is -0.391 e. The summed E-state index contributed by atoms with van der Waals surface area (Å²) >= 11 is 0. The standard InChI is InChI=1S/C44H91N2O6P/c1-3-5-7-9-11-13-15-17-19-20-21-22-23-24-26-28-30-32-34-36-38-44(48)46-42(41-52-53(49,50)51-40-39-45)43(47)37-35-33-31-29-27-25-18-16-14-12-10-8-6-4-2/h42-43,47H,3-41,45H2,1-2H3,(H,46,48)(H,49,50). The SMILES string of the molecule is CCCCCCCCCCCCCCCCCCCCCCC(=O)NC(COP(=O)(O)OCCN)C(O)CCCCCCCCCCCCCCCC. The summed E-state index contributed by atoms with van der Waals surface area (Å²) in [5, 5.41) is 13.8. The van der Waals surface area contributed by atoms with E-state index in [1.54, 1.807) is 0 Å². The molecule has 0 bridgehead atoms. The first-order valence-corrected chi connectivity index (χ1v) is 24.6. The maximum absolute atomic E-state index is 12.8. The van der Waals surface area contributed by atoms with Gasteiger partial charge in [0, 0.05) is 13.0 Å². The molecule has 0 aromatic heterocycles. The maximum atomic E-state index is 12.8. The lowest BCUT2D eigenvalue weighted by atomic mass is 10.0. The molecule has 9 heteroatoms. The third kappa shape index (κ3) is 39.5. The number of nitrogens with one attached hydrogen (secondary N) is 1. The Hall–Kier alpha value is -0.500. The first-order valence-electron chi connectivity index (χ1n) is 23.2. The lowest BCUT2D eigenvalue weighted by Crippen LogP contribution is -2.46. The smallest absolute Gasteiger partial charge is 0.391 e. The number of rotatable bonds is 44. The molecule has 0 aliphatic heterocycles. The number of aliphatic hydroxyl groups excluding tert-OH is 1. The van der Waals surface area contributed by atoms with Crippen molar-refractivity contribution in [3.8, 4) is 0 Å². The zero-order valence-electron chi connectivity index (χ0n) is 35.3. The monoisotopic (exact) mass is 775 g/mol. The quantitative estimate of drug-likeness (QED) is 0.0358. The van der Waals surface area contributed by atoms with E-state index in [-0.39, 0.29) is 25.7 Å². The fraction of sp³-hybridized carbons (Fsp3) is 0.977. The summed E-state index contributed by atoms with van der Waals surface area (Å²) in [6.07, 6.45) is 44.0. The lowest BCUT2D eigenvalue weighted by molar-refractivity contribution is -0.123. The van der Waals surface area contributed by atoms with E-state index < -0.39 is 20.0 Å². The van der Waals surface area contributed by atoms with Gasteiger partial charge in [0.05, 0.1) is 25.4 Å². The number of aliphatic hydroxyl groups is 1. The van der Waals surface area contributed by atoms with Crippen molar-refractivity contribution >= 4 is 13.7 Å². The van der Waals surface area contributed by atoms with Crippen LogP contribution in [0.15, 0.2) is 0 Å². The molecule has 8 nitrogen and oxygen atoms in total. The predicted molar refractivity (Wildman–Crippen MR) is 226 cm³/mol. The van der Waals surface area contributed by atoms with Crippen molar-refractivity contribution in [3.63, 3.8) is 0 Å². The van der Waals surface area contributed by atoms with Gasteiger partial charge in [0.1, 0.15) is 0 Å².